The summed E-state index contributed by atoms with van der Waals surface area (Å²) < 4.78 is 9.48. The Labute approximate surface area is 185 Å². The number of thiazole rings is 1. The number of ether oxygens (including phenoxy) is 1. The number of hydrogen-bond donors (Lipinski definition) is 0. The van der Waals surface area contributed by atoms with E-state index in [1.54, 1.807) is 42.0 Å². The molecule has 0 bridgehead atoms. The summed E-state index contributed by atoms with van der Waals surface area (Å²) in [7, 11) is 1.65. The summed E-state index contributed by atoms with van der Waals surface area (Å²) >= 11 is 8.53. The van der Waals surface area contributed by atoms with Gasteiger partial charge < -0.3 is 9.30 Å². The lowest BCUT2D eigenvalue weighted by molar-refractivity contribution is -0.117. The molecule has 1 aromatic heterocycles. The Morgan fingerprint density at radius 3 is 2.71 bits per heavy atom. The third kappa shape index (κ3) is 5.65. The molecule has 4 nitrogen and oxygen atoms in total. The minimum atomic E-state index is -0.0791. The van der Waals surface area contributed by atoms with Crippen molar-refractivity contribution >= 4 is 66.9 Å². The monoisotopic (exact) mass is 496 g/mol. The van der Waals surface area contributed by atoms with E-state index in [2.05, 4.69) is 43.9 Å². The number of rotatable bonds is 8. The van der Waals surface area contributed by atoms with Crippen LogP contribution in [0.1, 0.15) is 6.42 Å². The molecule has 3 aromatic rings. The van der Waals surface area contributed by atoms with Crippen molar-refractivity contribution in [2.75, 3.05) is 24.9 Å². The highest BCUT2D eigenvalue weighted by atomic mass is 79.9. The molecule has 0 saturated heterocycles. The van der Waals surface area contributed by atoms with Gasteiger partial charge in [-0.25, -0.2) is 0 Å². The molecule has 0 spiro atoms. The lowest BCUT2D eigenvalue weighted by Gasteiger charge is -2.04. The van der Waals surface area contributed by atoms with E-state index < -0.39 is 0 Å². The average molecular weight is 498 g/mol. The molecule has 0 fully saturated rings. The van der Waals surface area contributed by atoms with E-state index in [0.717, 1.165) is 42.4 Å². The Morgan fingerprint density at radius 1 is 1.21 bits per heavy atom. The Morgan fingerprint density at radius 2 is 2.00 bits per heavy atom. The van der Waals surface area contributed by atoms with Gasteiger partial charge in [0.2, 0.25) is 5.91 Å². The third-order valence-corrected chi connectivity index (χ3v) is 7.17. The van der Waals surface area contributed by atoms with Gasteiger partial charge in [0.1, 0.15) is 5.75 Å². The molecule has 0 unspecified atom stereocenters. The second-order valence-electron chi connectivity index (χ2n) is 5.92. The molecule has 0 aliphatic rings. The highest BCUT2D eigenvalue weighted by Gasteiger charge is 2.09. The van der Waals surface area contributed by atoms with Gasteiger partial charge in [0.15, 0.2) is 4.80 Å². The average Bonchev–Trinajstić information content (AvgIpc) is 3.02. The predicted octanol–water partition coefficient (Wildman–Crippen LogP) is 5.45. The Bertz CT molecular complexity index is 1010. The lowest BCUT2D eigenvalue weighted by atomic mass is 10.3. The van der Waals surface area contributed by atoms with Crippen LogP contribution in [0.4, 0.5) is 0 Å². The molecule has 0 aliphatic carbocycles. The molecule has 0 radical (unpaired) electrons. The fourth-order valence-electron chi connectivity index (χ4n) is 2.62. The summed E-state index contributed by atoms with van der Waals surface area (Å²) in [5.41, 5.74) is 1.13. The molecule has 8 heteroatoms. The van der Waals surface area contributed by atoms with E-state index in [9.17, 15) is 4.79 Å². The third-order valence-electron chi connectivity index (χ3n) is 4.03. The molecular formula is C20H21BrN2O2S3. The van der Waals surface area contributed by atoms with Gasteiger partial charge in [0, 0.05) is 33.8 Å². The number of fused-ring (bicyclic) bond motifs is 1. The van der Waals surface area contributed by atoms with Crippen LogP contribution in [0.15, 0.2) is 56.8 Å². The molecule has 2 aromatic carbocycles. The molecule has 1 heterocycles. The van der Waals surface area contributed by atoms with Crippen LogP contribution in [-0.2, 0) is 11.3 Å². The van der Waals surface area contributed by atoms with Crippen molar-refractivity contribution in [3.05, 3.63) is 51.7 Å². The minimum Gasteiger partial charge on any atom is -0.497 e. The largest absolute Gasteiger partial charge is 0.497 e. The second-order valence-corrected chi connectivity index (χ2v) is 10.00. The molecule has 0 saturated carbocycles. The number of nitrogens with zero attached hydrogens (tertiary/aromatic N) is 2. The van der Waals surface area contributed by atoms with Crippen LogP contribution in [0.5, 0.6) is 5.75 Å². The van der Waals surface area contributed by atoms with Crippen molar-refractivity contribution in [3.63, 3.8) is 0 Å². The maximum absolute atomic E-state index is 12.5. The fraction of sp³-hybridized carbons (Fsp3) is 0.300. The lowest BCUT2D eigenvalue weighted by Crippen LogP contribution is -2.18. The Balaban J connectivity index is 1.71. The topological polar surface area (TPSA) is 43.6 Å². The van der Waals surface area contributed by atoms with Crippen molar-refractivity contribution in [2.24, 2.45) is 4.99 Å². The molecule has 148 valence electrons. The smallest absolute Gasteiger partial charge is 0.249 e. The molecule has 28 heavy (non-hydrogen) atoms. The zero-order chi connectivity index (χ0) is 19.9. The summed E-state index contributed by atoms with van der Waals surface area (Å²) in [5.74, 6) is 2.44. The van der Waals surface area contributed by atoms with Gasteiger partial charge in [-0.15, -0.1) is 11.8 Å². The summed E-state index contributed by atoms with van der Waals surface area (Å²) in [6, 6.07) is 14.1. The summed E-state index contributed by atoms with van der Waals surface area (Å²) in [4.78, 5) is 18.8. The van der Waals surface area contributed by atoms with Gasteiger partial charge in [-0.05, 0) is 48.7 Å². The minimum absolute atomic E-state index is 0.0791. The van der Waals surface area contributed by atoms with Crippen molar-refractivity contribution in [1.29, 1.82) is 0 Å². The summed E-state index contributed by atoms with van der Waals surface area (Å²) in [5, 5.41) is 0. The number of carbonyl (C=O) groups is 1. The first-order valence-electron chi connectivity index (χ1n) is 8.73. The van der Waals surface area contributed by atoms with Crippen LogP contribution in [0.25, 0.3) is 10.2 Å². The van der Waals surface area contributed by atoms with Crippen molar-refractivity contribution in [1.82, 2.24) is 4.57 Å². The van der Waals surface area contributed by atoms with Gasteiger partial charge in [0.05, 0.1) is 17.3 Å². The van der Waals surface area contributed by atoms with Gasteiger partial charge in [0.25, 0.3) is 0 Å². The first-order chi connectivity index (χ1) is 13.6. The summed E-state index contributed by atoms with van der Waals surface area (Å²) in [6.45, 7) is 0.843. The van der Waals surface area contributed by atoms with Gasteiger partial charge in [-0.3, -0.25) is 4.79 Å². The van der Waals surface area contributed by atoms with E-state index in [1.165, 1.54) is 0 Å². The summed E-state index contributed by atoms with van der Waals surface area (Å²) in [6.07, 6.45) is 2.50. The van der Waals surface area contributed by atoms with E-state index in [1.807, 2.05) is 30.3 Å². The number of halogens is 1. The number of aromatic nitrogens is 1. The Kier molecular flexibility index (Phi) is 8.08. The fourth-order valence-corrected chi connectivity index (χ4v) is 5.45. The number of benzene rings is 2. The highest BCUT2D eigenvalue weighted by molar-refractivity contribution is 9.10. The first kappa shape index (κ1) is 21.5. The van der Waals surface area contributed by atoms with Crippen LogP contribution < -0.4 is 9.54 Å². The molecular weight excluding hydrogens is 476 g/mol. The van der Waals surface area contributed by atoms with E-state index >= 15 is 0 Å². The SMILES string of the molecule is COc1ccc(SCCC(=O)N=c2sc3cc(Br)ccc3n2CCSC)cc1. The van der Waals surface area contributed by atoms with Gasteiger partial charge >= 0.3 is 0 Å². The highest BCUT2D eigenvalue weighted by Crippen LogP contribution is 2.23. The molecule has 0 N–H and O–H groups in total. The predicted molar refractivity (Wildman–Crippen MR) is 125 cm³/mol. The number of methoxy groups -OCH3 is 1. The van der Waals surface area contributed by atoms with Gasteiger partial charge in [-0.2, -0.15) is 16.8 Å². The molecule has 0 atom stereocenters. The van der Waals surface area contributed by atoms with Crippen LogP contribution >= 0.6 is 50.8 Å². The number of hydrogen-bond acceptors (Lipinski definition) is 5. The van der Waals surface area contributed by atoms with Crippen molar-refractivity contribution in [2.45, 2.75) is 17.9 Å². The van der Waals surface area contributed by atoms with E-state index in [0.29, 0.717) is 12.2 Å². The van der Waals surface area contributed by atoms with Crippen molar-refractivity contribution in [3.8, 4) is 5.75 Å². The molecule has 3 rings (SSSR count). The maximum atomic E-state index is 12.5. The maximum Gasteiger partial charge on any atom is 0.249 e. The standard InChI is InChI=1S/C20H21BrN2O2S3/c1-25-15-4-6-16(7-5-15)27-11-9-19(24)22-20-23(10-12-26-2)17-8-3-14(21)13-18(17)28-20/h3-8,13H,9-12H2,1-2H3. The molecule has 0 aliphatic heterocycles. The van der Waals surface area contributed by atoms with E-state index in [4.69, 9.17) is 4.74 Å². The van der Waals surface area contributed by atoms with Crippen LogP contribution in [0, 0.1) is 0 Å². The number of carbonyl (C=O) groups excluding carboxylic acids is 1. The number of aryl methyl sites for hydroxylation is 1. The Hall–Kier alpha value is -1.22. The van der Waals surface area contributed by atoms with Crippen LogP contribution in [-0.4, -0.2) is 35.3 Å². The zero-order valence-corrected chi connectivity index (χ0v) is 19.7. The number of thioether (sulfide) groups is 2. The van der Waals surface area contributed by atoms with Crippen LogP contribution in [0.2, 0.25) is 0 Å². The van der Waals surface area contributed by atoms with Gasteiger partial charge in [-0.1, -0.05) is 27.3 Å². The second kappa shape index (κ2) is 10.5. The number of amides is 1. The van der Waals surface area contributed by atoms with Crippen LogP contribution in [0.3, 0.4) is 0 Å². The normalized spacial score (nSPS) is 11.9. The first-order valence-corrected chi connectivity index (χ1v) is 12.7. The zero-order valence-electron chi connectivity index (χ0n) is 15.7. The van der Waals surface area contributed by atoms with E-state index in [-0.39, 0.29) is 5.91 Å². The molecule has 1 amide bonds. The quantitative estimate of drug-likeness (QED) is 0.389. The van der Waals surface area contributed by atoms with Crippen molar-refractivity contribution < 1.29 is 9.53 Å².